The average Bonchev–Trinajstić information content (AvgIpc) is 2.97. The van der Waals surface area contributed by atoms with Crippen molar-refractivity contribution in [2.75, 3.05) is 6.61 Å². The molecule has 3 aromatic rings. The van der Waals surface area contributed by atoms with Gasteiger partial charge in [0.2, 0.25) is 5.78 Å². The van der Waals surface area contributed by atoms with E-state index in [1.165, 1.54) is 12.1 Å². The molecule has 1 N–H and O–H groups in total. The first-order chi connectivity index (χ1) is 13.8. The van der Waals surface area contributed by atoms with Crippen LogP contribution in [0.3, 0.4) is 0 Å². The first-order valence-corrected chi connectivity index (χ1v) is 9.25. The number of rotatable bonds is 7. The highest BCUT2D eigenvalue weighted by Crippen LogP contribution is 2.25. The van der Waals surface area contributed by atoms with E-state index in [1.807, 2.05) is 11.5 Å². The van der Waals surface area contributed by atoms with Crippen LogP contribution in [0.4, 0.5) is 4.39 Å². The second kappa shape index (κ2) is 8.49. The summed E-state index contributed by atoms with van der Waals surface area (Å²) in [5, 5.41) is 8.81. The number of carbonyl (C=O) groups excluding carboxylic acids is 1. The van der Waals surface area contributed by atoms with E-state index >= 15 is 0 Å². The van der Waals surface area contributed by atoms with Gasteiger partial charge >= 0.3 is 5.97 Å². The summed E-state index contributed by atoms with van der Waals surface area (Å²) in [5.41, 5.74) is 3.34. The summed E-state index contributed by atoms with van der Waals surface area (Å²) in [6.07, 6.45) is -0.0708. The fourth-order valence-corrected chi connectivity index (χ4v) is 3.35. The van der Waals surface area contributed by atoms with Gasteiger partial charge in [-0.15, -0.1) is 0 Å². The summed E-state index contributed by atoms with van der Waals surface area (Å²) in [4.78, 5) is 23.4. The maximum absolute atomic E-state index is 13.5. The number of ether oxygens (including phenoxy) is 1. The zero-order valence-corrected chi connectivity index (χ0v) is 16.7. The summed E-state index contributed by atoms with van der Waals surface area (Å²) in [5.74, 6) is -1.14. The number of hydrogen-bond donors (Lipinski definition) is 1. The number of Topliss-reactive ketones (excluding diaryl/α,β-unsaturated/α-hetero) is 1. The molecule has 0 spiro atoms. The average molecular weight is 416 g/mol. The Labute approximate surface area is 172 Å². The van der Waals surface area contributed by atoms with Crippen molar-refractivity contribution in [3.05, 3.63) is 81.9 Å². The van der Waals surface area contributed by atoms with Gasteiger partial charge < -0.3 is 14.4 Å². The molecule has 0 atom stereocenters. The van der Waals surface area contributed by atoms with Gasteiger partial charge in [0.05, 0.1) is 11.4 Å². The van der Waals surface area contributed by atoms with Crippen LogP contribution in [0.2, 0.25) is 5.02 Å². The van der Waals surface area contributed by atoms with Crippen molar-refractivity contribution in [1.82, 2.24) is 4.57 Å². The summed E-state index contributed by atoms with van der Waals surface area (Å²) >= 11 is 5.89. The van der Waals surface area contributed by atoms with Crippen LogP contribution in [0.1, 0.15) is 27.3 Å². The van der Waals surface area contributed by atoms with Crippen LogP contribution in [0.25, 0.3) is 5.69 Å². The van der Waals surface area contributed by atoms with Gasteiger partial charge in [-0.3, -0.25) is 9.59 Å². The lowest BCUT2D eigenvalue weighted by molar-refractivity contribution is -0.136. The first-order valence-electron chi connectivity index (χ1n) is 8.87. The van der Waals surface area contributed by atoms with E-state index in [0.29, 0.717) is 28.3 Å². The van der Waals surface area contributed by atoms with Crippen molar-refractivity contribution in [2.24, 2.45) is 0 Å². The molecule has 0 saturated carbocycles. The highest BCUT2D eigenvalue weighted by molar-refractivity contribution is 6.30. The van der Waals surface area contributed by atoms with Crippen molar-refractivity contribution in [2.45, 2.75) is 20.3 Å². The largest absolute Gasteiger partial charge is 0.485 e. The summed E-state index contributed by atoms with van der Waals surface area (Å²) in [7, 11) is 0. The third-order valence-electron chi connectivity index (χ3n) is 4.54. The summed E-state index contributed by atoms with van der Waals surface area (Å²) in [6, 6.07) is 12.7. The van der Waals surface area contributed by atoms with E-state index < -0.39 is 11.8 Å². The molecule has 1 heterocycles. The van der Waals surface area contributed by atoms with Gasteiger partial charge in [0.1, 0.15) is 11.6 Å². The van der Waals surface area contributed by atoms with Crippen LogP contribution >= 0.6 is 11.6 Å². The first kappa shape index (κ1) is 20.6. The third-order valence-corrected chi connectivity index (χ3v) is 4.83. The van der Waals surface area contributed by atoms with Crippen LogP contribution in [0.15, 0.2) is 48.5 Å². The number of aliphatic carboxylic acids is 1. The fraction of sp³-hybridized carbons (Fsp3) is 0.182. The van der Waals surface area contributed by atoms with Crippen molar-refractivity contribution in [3.63, 3.8) is 0 Å². The van der Waals surface area contributed by atoms with Crippen molar-refractivity contribution in [3.8, 4) is 11.4 Å². The Morgan fingerprint density at radius 3 is 2.41 bits per heavy atom. The van der Waals surface area contributed by atoms with Crippen molar-refractivity contribution in [1.29, 1.82) is 0 Å². The van der Waals surface area contributed by atoms with Gasteiger partial charge in [-0.1, -0.05) is 23.7 Å². The van der Waals surface area contributed by atoms with E-state index in [2.05, 4.69) is 0 Å². The van der Waals surface area contributed by atoms with Crippen LogP contribution in [0.5, 0.6) is 5.75 Å². The maximum atomic E-state index is 13.5. The molecule has 2 aromatic carbocycles. The SMILES string of the molecule is Cc1cc(C(=O)COc2ccc(CC(=O)O)cc2)c(C)n1-c1ccc(F)c(Cl)c1. The number of hydrogen-bond acceptors (Lipinski definition) is 3. The van der Waals surface area contributed by atoms with Gasteiger partial charge in [0.15, 0.2) is 6.61 Å². The molecule has 0 aliphatic carbocycles. The minimum atomic E-state index is -0.911. The molecule has 0 aliphatic heterocycles. The highest BCUT2D eigenvalue weighted by Gasteiger charge is 2.18. The number of carbonyl (C=O) groups is 2. The molecule has 1 aromatic heterocycles. The second-order valence-electron chi connectivity index (χ2n) is 6.64. The lowest BCUT2D eigenvalue weighted by atomic mass is 10.1. The predicted molar refractivity (Wildman–Crippen MR) is 108 cm³/mol. The number of aryl methyl sites for hydroxylation is 1. The van der Waals surface area contributed by atoms with Gasteiger partial charge in [-0.05, 0) is 55.8 Å². The number of halogens is 2. The smallest absolute Gasteiger partial charge is 0.307 e. The molecule has 0 saturated heterocycles. The van der Waals surface area contributed by atoms with E-state index in [9.17, 15) is 14.0 Å². The Hall–Kier alpha value is -3.12. The molecule has 5 nitrogen and oxygen atoms in total. The monoisotopic (exact) mass is 415 g/mol. The van der Waals surface area contributed by atoms with Crippen LogP contribution < -0.4 is 4.74 Å². The predicted octanol–water partition coefficient (Wildman–Crippen LogP) is 4.78. The summed E-state index contributed by atoms with van der Waals surface area (Å²) < 4.78 is 20.8. The van der Waals surface area contributed by atoms with Crippen LogP contribution in [-0.2, 0) is 11.2 Å². The van der Waals surface area contributed by atoms with Crippen LogP contribution in [0, 0.1) is 19.7 Å². The standard InChI is InChI=1S/C22H19ClFNO4/c1-13-9-18(14(2)25(13)16-5-8-20(24)19(23)11-16)21(26)12-29-17-6-3-15(4-7-17)10-22(27)28/h3-9,11H,10,12H2,1-2H3,(H,27,28). The Balaban J connectivity index is 1.74. The Bertz CT molecular complexity index is 1070. The van der Waals surface area contributed by atoms with Crippen molar-refractivity contribution < 1.29 is 23.8 Å². The lowest BCUT2D eigenvalue weighted by Crippen LogP contribution is -2.13. The molecule has 0 amide bonds. The quantitative estimate of drug-likeness (QED) is 0.564. The van der Waals surface area contributed by atoms with Crippen LogP contribution in [-0.4, -0.2) is 28.0 Å². The fourth-order valence-electron chi connectivity index (χ4n) is 3.17. The van der Waals surface area contributed by atoms with Gasteiger partial charge in [-0.25, -0.2) is 4.39 Å². The second-order valence-corrected chi connectivity index (χ2v) is 7.05. The highest BCUT2D eigenvalue weighted by atomic mass is 35.5. The molecule has 0 aliphatic rings. The lowest BCUT2D eigenvalue weighted by Gasteiger charge is -2.11. The molecule has 0 unspecified atom stereocenters. The zero-order chi connectivity index (χ0) is 21.1. The number of benzene rings is 2. The van der Waals surface area contributed by atoms with E-state index in [4.69, 9.17) is 21.4 Å². The van der Waals surface area contributed by atoms with Crippen molar-refractivity contribution >= 4 is 23.4 Å². The molecule has 0 bridgehead atoms. The Morgan fingerprint density at radius 2 is 1.79 bits per heavy atom. The normalized spacial score (nSPS) is 10.8. The number of nitrogens with zero attached hydrogens (tertiary/aromatic N) is 1. The van der Waals surface area contributed by atoms with E-state index in [0.717, 1.165) is 5.69 Å². The number of ketones is 1. The van der Waals surface area contributed by atoms with E-state index in [-0.39, 0.29) is 23.8 Å². The Morgan fingerprint density at radius 1 is 1.10 bits per heavy atom. The third kappa shape index (κ3) is 4.66. The minimum Gasteiger partial charge on any atom is -0.485 e. The number of carboxylic acid groups (broad SMARTS) is 1. The Kier molecular flexibility index (Phi) is 6.03. The molecule has 29 heavy (non-hydrogen) atoms. The maximum Gasteiger partial charge on any atom is 0.307 e. The molecule has 7 heteroatoms. The molecule has 0 radical (unpaired) electrons. The van der Waals surface area contributed by atoms with Gasteiger partial charge in [0, 0.05) is 22.6 Å². The molecular weight excluding hydrogens is 397 g/mol. The van der Waals surface area contributed by atoms with Gasteiger partial charge in [-0.2, -0.15) is 0 Å². The van der Waals surface area contributed by atoms with Gasteiger partial charge in [0.25, 0.3) is 0 Å². The summed E-state index contributed by atoms with van der Waals surface area (Å²) in [6.45, 7) is 3.49. The number of aromatic nitrogens is 1. The zero-order valence-electron chi connectivity index (χ0n) is 15.9. The molecule has 3 rings (SSSR count). The minimum absolute atomic E-state index is 0.0116. The molecule has 0 fully saturated rings. The molecule has 150 valence electrons. The topological polar surface area (TPSA) is 68.5 Å². The molecular formula is C22H19ClFNO4. The number of carboxylic acids is 1. The van der Waals surface area contributed by atoms with E-state index in [1.54, 1.807) is 43.3 Å².